The molecular weight excluding hydrogens is 590 g/mol. The number of hydrogen-bond donors (Lipinski definition) is 3. The van der Waals surface area contributed by atoms with E-state index in [2.05, 4.69) is 53.8 Å². The molecule has 7 nitrogen and oxygen atoms in total. The molecule has 0 aromatic heterocycles. The summed E-state index contributed by atoms with van der Waals surface area (Å²) in [5.74, 6) is 1.48. The molecule has 5 aliphatic rings. The van der Waals surface area contributed by atoms with Gasteiger partial charge in [0.1, 0.15) is 6.10 Å². The van der Waals surface area contributed by atoms with Gasteiger partial charge >= 0.3 is 11.9 Å². The van der Waals surface area contributed by atoms with Crippen molar-refractivity contribution in [2.75, 3.05) is 6.61 Å². The Morgan fingerprint density at radius 3 is 2.19 bits per heavy atom. The molecule has 0 bridgehead atoms. The summed E-state index contributed by atoms with van der Waals surface area (Å²) >= 11 is 0. The van der Waals surface area contributed by atoms with E-state index in [9.17, 15) is 24.6 Å². The van der Waals surface area contributed by atoms with Crippen molar-refractivity contribution in [2.24, 2.45) is 62.1 Å². The van der Waals surface area contributed by atoms with Crippen LogP contribution in [0.5, 0.6) is 0 Å². The van der Waals surface area contributed by atoms with Crippen LogP contribution in [0.1, 0.15) is 152 Å². The molecule has 10 atom stereocenters. The number of aliphatic hydroxyl groups is 1. The summed E-state index contributed by atoms with van der Waals surface area (Å²) in [6, 6.07) is -0.155. The number of nitrogens with one attached hydrogen (secondary N) is 1. The number of fused-ring (bicyclic) bond motifs is 7. The number of aliphatic carboxylic acids is 1. The first kappa shape index (κ1) is 36.6. The lowest BCUT2D eigenvalue weighted by molar-refractivity contribution is -0.248. The number of rotatable bonds is 10. The topological polar surface area (TPSA) is 113 Å². The van der Waals surface area contributed by atoms with Crippen molar-refractivity contribution in [1.29, 1.82) is 0 Å². The minimum Gasteiger partial charge on any atom is -0.481 e. The van der Waals surface area contributed by atoms with E-state index < -0.39 is 17.4 Å². The highest BCUT2D eigenvalue weighted by Gasteiger charge is 2.70. The Kier molecular flexibility index (Phi) is 9.83. The summed E-state index contributed by atoms with van der Waals surface area (Å²) in [5, 5.41) is 22.7. The van der Waals surface area contributed by atoms with E-state index in [4.69, 9.17) is 4.74 Å². The Labute approximate surface area is 285 Å². The zero-order valence-electron chi connectivity index (χ0n) is 31.2. The van der Waals surface area contributed by atoms with Crippen molar-refractivity contribution < 1.29 is 29.3 Å². The van der Waals surface area contributed by atoms with E-state index in [-0.39, 0.29) is 58.2 Å². The molecule has 47 heavy (non-hydrogen) atoms. The molecule has 3 N–H and O–H groups in total. The molecule has 5 fully saturated rings. The molecule has 0 saturated heterocycles. The number of hydrogen-bond acceptors (Lipinski definition) is 5. The van der Waals surface area contributed by atoms with Crippen molar-refractivity contribution >= 4 is 17.8 Å². The molecule has 5 saturated carbocycles. The summed E-state index contributed by atoms with van der Waals surface area (Å²) in [4.78, 5) is 38.2. The molecule has 7 heteroatoms. The van der Waals surface area contributed by atoms with Gasteiger partial charge in [0.05, 0.1) is 24.5 Å². The molecule has 3 unspecified atom stereocenters. The fourth-order valence-electron chi connectivity index (χ4n) is 13.2. The van der Waals surface area contributed by atoms with Gasteiger partial charge in [0.15, 0.2) is 0 Å². The highest BCUT2D eigenvalue weighted by atomic mass is 16.5. The second-order valence-corrected chi connectivity index (χ2v) is 19.5. The average molecular weight is 658 g/mol. The lowest BCUT2D eigenvalue weighted by Crippen LogP contribution is -2.66. The number of amides is 1. The van der Waals surface area contributed by atoms with Crippen LogP contribution < -0.4 is 5.32 Å². The van der Waals surface area contributed by atoms with E-state index in [0.29, 0.717) is 36.0 Å². The first-order valence-corrected chi connectivity index (χ1v) is 19.1. The molecular formula is C40H67NO6. The maximum atomic E-state index is 13.5. The van der Waals surface area contributed by atoms with Crippen LogP contribution in [0.25, 0.3) is 0 Å². The molecule has 5 aliphatic carbocycles. The van der Waals surface area contributed by atoms with Gasteiger partial charge in [-0.25, -0.2) is 0 Å². The van der Waals surface area contributed by atoms with Crippen molar-refractivity contribution in [1.82, 2.24) is 5.32 Å². The third kappa shape index (κ3) is 6.09. The predicted octanol–water partition coefficient (Wildman–Crippen LogP) is 8.17. The summed E-state index contributed by atoms with van der Waals surface area (Å²) in [6.07, 6.45) is 13.7. The largest absolute Gasteiger partial charge is 0.481 e. The standard InChI is InChI=1S/C40H67NO6/c1-25(2)21-26(24-42)41-32(43)22-40-16-10-11-28(40)27-12-13-30-37(7)17-15-31(47-33(44)23-35(3,4)34(45)46)36(5,6)29(37)14-18-39(30,9)38(27,8)19-20-40/h25-31,42H,10-24H2,1-9H3,(H,41,43)(H,45,46)/t26?,27-,28-,29?,30?,31+,37+,38-,39-,40-/m1/s1. The van der Waals surface area contributed by atoms with Crippen molar-refractivity contribution in [3.63, 3.8) is 0 Å². The van der Waals surface area contributed by atoms with E-state index in [1.54, 1.807) is 13.8 Å². The molecule has 0 spiro atoms. The Morgan fingerprint density at radius 2 is 1.55 bits per heavy atom. The monoisotopic (exact) mass is 657 g/mol. The van der Waals surface area contributed by atoms with Gasteiger partial charge in [-0.15, -0.1) is 0 Å². The number of esters is 1. The van der Waals surface area contributed by atoms with E-state index in [1.807, 2.05) is 0 Å². The van der Waals surface area contributed by atoms with E-state index >= 15 is 0 Å². The molecule has 0 aromatic rings. The van der Waals surface area contributed by atoms with Gasteiger partial charge in [-0.1, -0.05) is 54.9 Å². The van der Waals surface area contributed by atoms with Gasteiger partial charge in [-0.05, 0) is 136 Å². The third-order valence-corrected chi connectivity index (χ3v) is 15.8. The lowest BCUT2D eigenvalue weighted by Gasteiger charge is -2.72. The first-order chi connectivity index (χ1) is 21.8. The predicted molar refractivity (Wildman–Crippen MR) is 184 cm³/mol. The summed E-state index contributed by atoms with van der Waals surface area (Å²) in [5.41, 5.74) is -0.606. The van der Waals surface area contributed by atoms with Crippen LogP contribution in [-0.4, -0.2) is 46.8 Å². The van der Waals surface area contributed by atoms with Crippen LogP contribution in [0, 0.1) is 62.1 Å². The molecule has 0 radical (unpaired) electrons. The van der Waals surface area contributed by atoms with Gasteiger partial charge in [-0.2, -0.15) is 0 Å². The van der Waals surface area contributed by atoms with Crippen LogP contribution in [0.4, 0.5) is 0 Å². The fraction of sp³-hybridized carbons (Fsp3) is 0.925. The first-order valence-electron chi connectivity index (χ1n) is 19.1. The van der Waals surface area contributed by atoms with Crippen LogP contribution >= 0.6 is 0 Å². The van der Waals surface area contributed by atoms with Crippen molar-refractivity contribution in [3.05, 3.63) is 0 Å². The van der Waals surface area contributed by atoms with Gasteiger partial charge in [0.25, 0.3) is 0 Å². The Hall–Kier alpha value is -1.63. The van der Waals surface area contributed by atoms with Crippen LogP contribution in [0.15, 0.2) is 0 Å². The number of carboxylic acid groups (broad SMARTS) is 1. The number of carboxylic acids is 1. The fourth-order valence-corrected chi connectivity index (χ4v) is 13.2. The summed E-state index contributed by atoms with van der Waals surface area (Å²) < 4.78 is 6.14. The maximum absolute atomic E-state index is 13.5. The number of carbonyl (C=O) groups excluding carboxylic acids is 2. The number of ether oxygens (including phenoxy) is 1. The Bertz CT molecular complexity index is 1210. The van der Waals surface area contributed by atoms with Crippen molar-refractivity contribution in [2.45, 2.75) is 164 Å². The molecule has 0 heterocycles. The summed E-state index contributed by atoms with van der Waals surface area (Å²) in [7, 11) is 0. The van der Waals surface area contributed by atoms with Crippen molar-refractivity contribution in [3.8, 4) is 0 Å². The quantitative estimate of drug-likeness (QED) is 0.204. The minimum atomic E-state index is -1.14. The molecule has 0 aromatic carbocycles. The smallest absolute Gasteiger partial charge is 0.309 e. The Morgan fingerprint density at radius 1 is 0.851 bits per heavy atom. The van der Waals surface area contributed by atoms with E-state index in [0.717, 1.165) is 38.5 Å². The van der Waals surface area contributed by atoms with Gasteiger partial charge in [0, 0.05) is 11.8 Å². The molecule has 5 rings (SSSR count). The number of aliphatic hydroxyl groups excluding tert-OH is 1. The van der Waals surface area contributed by atoms with Crippen LogP contribution in [0.2, 0.25) is 0 Å². The van der Waals surface area contributed by atoms with Gasteiger partial charge < -0.3 is 20.3 Å². The van der Waals surface area contributed by atoms with E-state index in [1.165, 1.54) is 38.5 Å². The SMILES string of the molecule is CC(C)CC(CO)NC(=O)C[C@]12CCC[C@@H]1[C@H]1CCC3[C@@]4(C)CC[C@H](OC(=O)CC(C)(C)C(=O)O)C(C)(C)C4CC[C@@]3(C)[C@]1(C)CC2. The molecule has 0 aliphatic heterocycles. The molecule has 268 valence electrons. The lowest BCUT2D eigenvalue weighted by atomic mass is 9.32. The summed E-state index contributed by atoms with van der Waals surface area (Å²) in [6.45, 7) is 19.9. The zero-order chi connectivity index (χ0) is 34.8. The van der Waals surface area contributed by atoms with Crippen LogP contribution in [0.3, 0.4) is 0 Å². The second-order valence-electron chi connectivity index (χ2n) is 19.5. The maximum Gasteiger partial charge on any atom is 0.309 e. The molecule has 1 amide bonds. The highest BCUT2D eigenvalue weighted by molar-refractivity contribution is 5.81. The zero-order valence-corrected chi connectivity index (χ0v) is 31.2. The number of carbonyl (C=O) groups is 3. The highest BCUT2D eigenvalue weighted by Crippen LogP contribution is 2.77. The minimum absolute atomic E-state index is 0.00341. The van der Waals surface area contributed by atoms with Gasteiger partial charge in [0.2, 0.25) is 5.91 Å². The Balaban J connectivity index is 1.33. The average Bonchev–Trinajstić information content (AvgIpc) is 3.37. The van der Waals surface area contributed by atoms with Crippen LogP contribution in [-0.2, 0) is 19.1 Å². The second kappa shape index (κ2) is 12.6. The normalized spacial score (nSPS) is 41.6. The third-order valence-electron chi connectivity index (χ3n) is 15.8. The van der Waals surface area contributed by atoms with Gasteiger partial charge in [-0.3, -0.25) is 14.4 Å².